The van der Waals surface area contributed by atoms with Crippen LogP contribution in [0.25, 0.3) is 0 Å². The maximum absolute atomic E-state index is 4.22. The standard InChI is InChI=1S/C11H21N3S/c1-6-8(2)12-7-9-10(11(3,4)5)13-14-15-9/h8,12H,6-7H2,1-5H3. The molecule has 0 saturated carbocycles. The highest BCUT2D eigenvalue weighted by atomic mass is 32.1. The zero-order valence-corrected chi connectivity index (χ0v) is 11.1. The summed E-state index contributed by atoms with van der Waals surface area (Å²) in [4.78, 5) is 1.27. The first-order chi connectivity index (χ1) is 6.95. The van der Waals surface area contributed by atoms with Gasteiger partial charge in [-0.05, 0) is 24.9 Å². The number of nitrogens with one attached hydrogen (secondary N) is 1. The van der Waals surface area contributed by atoms with Crippen LogP contribution in [0.2, 0.25) is 0 Å². The molecular formula is C11H21N3S. The van der Waals surface area contributed by atoms with E-state index in [1.165, 1.54) is 16.4 Å². The third kappa shape index (κ3) is 3.54. The van der Waals surface area contributed by atoms with Crippen LogP contribution in [0.4, 0.5) is 0 Å². The monoisotopic (exact) mass is 227 g/mol. The van der Waals surface area contributed by atoms with E-state index in [-0.39, 0.29) is 5.41 Å². The van der Waals surface area contributed by atoms with E-state index in [1.807, 2.05) is 0 Å². The van der Waals surface area contributed by atoms with Crippen molar-refractivity contribution in [2.75, 3.05) is 0 Å². The van der Waals surface area contributed by atoms with E-state index in [9.17, 15) is 0 Å². The lowest BCUT2D eigenvalue weighted by atomic mass is 9.91. The summed E-state index contributed by atoms with van der Waals surface area (Å²) in [5.41, 5.74) is 1.22. The highest BCUT2D eigenvalue weighted by Crippen LogP contribution is 2.25. The number of nitrogens with zero attached hydrogens (tertiary/aromatic N) is 2. The zero-order valence-electron chi connectivity index (χ0n) is 10.3. The molecular weight excluding hydrogens is 206 g/mol. The molecule has 1 N–H and O–H groups in total. The molecule has 0 bridgehead atoms. The summed E-state index contributed by atoms with van der Waals surface area (Å²) in [7, 11) is 0. The molecule has 3 nitrogen and oxygen atoms in total. The fourth-order valence-electron chi connectivity index (χ4n) is 1.31. The lowest BCUT2D eigenvalue weighted by molar-refractivity contribution is 0.518. The van der Waals surface area contributed by atoms with E-state index in [2.05, 4.69) is 49.5 Å². The molecule has 0 aliphatic carbocycles. The molecule has 1 heterocycles. The van der Waals surface area contributed by atoms with Gasteiger partial charge in [-0.25, -0.2) is 0 Å². The molecule has 0 radical (unpaired) electrons. The van der Waals surface area contributed by atoms with Gasteiger partial charge in [0, 0.05) is 18.0 Å². The van der Waals surface area contributed by atoms with Crippen molar-refractivity contribution in [2.45, 2.75) is 59.0 Å². The predicted octanol–water partition coefficient (Wildman–Crippen LogP) is 2.72. The SMILES string of the molecule is CCC(C)NCc1snnc1C(C)(C)C. The van der Waals surface area contributed by atoms with Gasteiger partial charge < -0.3 is 5.32 Å². The summed E-state index contributed by atoms with van der Waals surface area (Å²) >= 11 is 1.51. The molecule has 1 aromatic rings. The topological polar surface area (TPSA) is 37.8 Å². The highest BCUT2D eigenvalue weighted by molar-refractivity contribution is 7.05. The second-order valence-electron chi connectivity index (χ2n) is 4.98. The van der Waals surface area contributed by atoms with E-state index >= 15 is 0 Å². The second-order valence-corrected chi connectivity index (χ2v) is 5.82. The summed E-state index contributed by atoms with van der Waals surface area (Å²) in [5.74, 6) is 0. The summed E-state index contributed by atoms with van der Waals surface area (Å²) < 4.78 is 4.04. The first kappa shape index (κ1) is 12.6. The van der Waals surface area contributed by atoms with Crippen molar-refractivity contribution in [1.82, 2.24) is 14.9 Å². The first-order valence-electron chi connectivity index (χ1n) is 5.50. The molecule has 0 spiro atoms. The van der Waals surface area contributed by atoms with Crippen LogP contribution in [-0.4, -0.2) is 15.6 Å². The number of rotatable bonds is 4. The molecule has 0 amide bonds. The van der Waals surface area contributed by atoms with Crippen molar-refractivity contribution in [1.29, 1.82) is 0 Å². The highest BCUT2D eigenvalue weighted by Gasteiger charge is 2.21. The van der Waals surface area contributed by atoms with E-state index in [1.54, 1.807) is 0 Å². The molecule has 1 atom stereocenters. The van der Waals surface area contributed by atoms with Gasteiger partial charge in [-0.15, -0.1) is 5.10 Å². The predicted molar refractivity (Wildman–Crippen MR) is 65.2 cm³/mol. The van der Waals surface area contributed by atoms with Gasteiger partial charge in [0.25, 0.3) is 0 Å². The third-order valence-corrected chi connectivity index (χ3v) is 3.21. The summed E-state index contributed by atoms with van der Waals surface area (Å²) in [6.07, 6.45) is 1.15. The van der Waals surface area contributed by atoms with Crippen molar-refractivity contribution in [3.63, 3.8) is 0 Å². The molecule has 1 aromatic heterocycles. The van der Waals surface area contributed by atoms with E-state index < -0.39 is 0 Å². The van der Waals surface area contributed by atoms with Crippen LogP contribution in [0.3, 0.4) is 0 Å². The normalized spacial score (nSPS) is 14.2. The molecule has 4 heteroatoms. The van der Waals surface area contributed by atoms with Crippen LogP contribution in [0.1, 0.15) is 51.6 Å². The van der Waals surface area contributed by atoms with E-state index in [4.69, 9.17) is 0 Å². The zero-order chi connectivity index (χ0) is 11.5. The minimum atomic E-state index is 0.0967. The Morgan fingerprint density at radius 2 is 2.07 bits per heavy atom. The molecule has 0 saturated heterocycles. The molecule has 1 rings (SSSR count). The van der Waals surface area contributed by atoms with Crippen LogP contribution in [0.5, 0.6) is 0 Å². The Bertz CT molecular complexity index is 301. The van der Waals surface area contributed by atoms with Crippen molar-refractivity contribution >= 4 is 11.5 Å². The third-order valence-electron chi connectivity index (χ3n) is 2.49. The van der Waals surface area contributed by atoms with E-state index in [0.717, 1.165) is 18.7 Å². The number of hydrogen-bond donors (Lipinski definition) is 1. The summed E-state index contributed by atoms with van der Waals surface area (Å²) in [6, 6.07) is 0.555. The van der Waals surface area contributed by atoms with Gasteiger partial charge in [0.15, 0.2) is 0 Å². The van der Waals surface area contributed by atoms with Crippen molar-refractivity contribution in [3.05, 3.63) is 10.6 Å². The minimum absolute atomic E-state index is 0.0967. The largest absolute Gasteiger partial charge is 0.309 e. The molecule has 15 heavy (non-hydrogen) atoms. The average molecular weight is 227 g/mol. The smallest absolute Gasteiger partial charge is 0.0854 e. The first-order valence-corrected chi connectivity index (χ1v) is 6.27. The molecule has 0 aliphatic rings. The molecule has 0 aromatic carbocycles. The lowest BCUT2D eigenvalue weighted by Crippen LogP contribution is -2.25. The van der Waals surface area contributed by atoms with Gasteiger partial charge >= 0.3 is 0 Å². The van der Waals surface area contributed by atoms with Gasteiger partial charge in [0.1, 0.15) is 0 Å². The molecule has 1 unspecified atom stereocenters. The van der Waals surface area contributed by atoms with Gasteiger partial charge in [-0.1, -0.05) is 32.2 Å². The number of hydrogen-bond acceptors (Lipinski definition) is 4. The Hall–Kier alpha value is -0.480. The van der Waals surface area contributed by atoms with Crippen molar-refractivity contribution < 1.29 is 0 Å². The summed E-state index contributed by atoms with van der Waals surface area (Å²) in [5, 5.41) is 7.70. The molecule has 0 fully saturated rings. The van der Waals surface area contributed by atoms with Crippen LogP contribution in [0.15, 0.2) is 0 Å². The fraction of sp³-hybridized carbons (Fsp3) is 0.818. The van der Waals surface area contributed by atoms with Gasteiger partial charge in [0.2, 0.25) is 0 Å². The average Bonchev–Trinajstić information content (AvgIpc) is 2.61. The molecule has 86 valence electrons. The van der Waals surface area contributed by atoms with Crippen molar-refractivity contribution in [3.8, 4) is 0 Å². The number of aromatic nitrogens is 2. The minimum Gasteiger partial charge on any atom is -0.309 e. The maximum atomic E-state index is 4.22. The maximum Gasteiger partial charge on any atom is 0.0854 e. The Morgan fingerprint density at radius 3 is 2.60 bits per heavy atom. The van der Waals surface area contributed by atoms with Gasteiger partial charge in [-0.3, -0.25) is 0 Å². The Kier molecular flexibility index (Phi) is 4.22. The van der Waals surface area contributed by atoms with Crippen LogP contribution < -0.4 is 5.32 Å². The van der Waals surface area contributed by atoms with Crippen molar-refractivity contribution in [2.24, 2.45) is 0 Å². The lowest BCUT2D eigenvalue weighted by Gasteiger charge is -2.17. The Balaban J connectivity index is 2.66. The van der Waals surface area contributed by atoms with Gasteiger partial charge in [0.05, 0.1) is 10.6 Å². The Labute approximate surface area is 96.5 Å². The van der Waals surface area contributed by atoms with Crippen LogP contribution in [-0.2, 0) is 12.0 Å². The van der Waals surface area contributed by atoms with E-state index in [0.29, 0.717) is 6.04 Å². The van der Waals surface area contributed by atoms with Crippen LogP contribution in [0, 0.1) is 0 Å². The summed E-state index contributed by atoms with van der Waals surface area (Å²) in [6.45, 7) is 11.8. The quantitative estimate of drug-likeness (QED) is 0.859. The molecule has 0 aliphatic heterocycles. The Morgan fingerprint density at radius 1 is 1.40 bits per heavy atom. The van der Waals surface area contributed by atoms with Crippen LogP contribution >= 0.6 is 11.5 Å². The fourth-order valence-corrected chi connectivity index (χ4v) is 2.11. The second kappa shape index (κ2) is 5.03. The van der Waals surface area contributed by atoms with Gasteiger partial charge in [-0.2, -0.15) is 0 Å².